The highest BCUT2D eigenvalue weighted by atomic mass is 32.2. The number of carbonyl (C=O) groups is 1. The van der Waals surface area contributed by atoms with Crippen LogP contribution in [0.3, 0.4) is 0 Å². The SMILES string of the molecule is CCOC(CC)C(=O)Nc1ccc(S(=O)(=O)N2CCCCC2)cc1. The maximum atomic E-state index is 12.6. The number of hydrogen-bond donors (Lipinski definition) is 1. The summed E-state index contributed by atoms with van der Waals surface area (Å²) in [7, 11) is -3.44. The van der Waals surface area contributed by atoms with Gasteiger partial charge in [-0.25, -0.2) is 8.42 Å². The average Bonchev–Trinajstić information content (AvgIpc) is 2.60. The zero-order valence-corrected chi connectivity index (χ0v) is 15.1. The zero-order valence-electron chi connectivity index (χ0n) is 14.3. The lowest BCUT2D eigenvalue weighted by Gasteiger charge is -2.25. The van der Waals surface area contributed by atoms with E-state index in [4.69, 9.17) is 4.74 Å². The van der Waals surface area contributed by atoms with Crippen LogP contribution in [-0.4, -0.2) is 44.4 Å². The van der Waals surface area contributed by atoms with Crippen molar-refractivity contribution in [2.75, 3.05) is 25.0 Å². The van der Waals surface area contributed by atoms with Crippen molar-refractivity contribution in [2.24, 2.45) is 0 Å². The van der Waals surface area contributed by atoms with Crippen LogP contribution >= 0.6 is 0 Å². The quantitative estimate of drug-likeness (QED) is 0.817. The molecule has 7 heteroatoms. The number of anilines is 1. The summed E-state index contributed by atoms with van der Waals surface area (Å²) in [6, 6.07) is 6.32. The van der Waals surface area contributed by atoms with Gasteiger partial charge in [0.15, 0.2) is 0 Å². The van der Waals surface area contributed by atoms with Crippen LogP contribution in [0.1, 0.15) is 39.5 Å². The Balaban J connectivity index is 2.06. The second-order valence-electron chi connectivity index (χ2n) is 5.83. The van der Waals surface area contributed by atoms with E-state index in [0.717, 1.165) is 19.3 Å². The lowest BCUT2D eigenvalue weighted by atomic mass is 10.2. The number of piperidine rings is 1. The second kappa shape index (κ2) is 8.60. The van der Waals surface area contributed by atoms with Gasteiger partial charge in [0.05, 0.1) is 4.90 Å². The van der Waals surface area contributed by atoms with E-state index in [1.54, 1.807) is 24.3 Å². The molecule has 134 valence electrons. The molecule has 24 heavy (non-hydrogen) atoms. The first-order valence-corrected chi connectivity index (χ1v) is 9.95. The van der Waals surface area contributed by atoms with Crippen LogP contribution in [0.15, 0.2) is 29.2 Å². The molecule has 1 fully saturated rings. The highest BCUT2D eigenvalue weighted by molar-refractivity contribution is 7.89. The van der Waals surface area contributed by atoms with E-state index in [1.165, 1.54) is 4.31 Å². The van der Waals surface area contributed by atoms with Crippen molar-refractivity contribution in [3.63, 3.8) is 0 Å². The Morgan fingerprint density at radius 1 is 1.17 bits per heavy atom. The third-order valence-corrected chi connectivity index (χ3v) is 6.02. The van der Waals surface area contributed by atoms with Crippen LogP contribution < -0.4 is 5.32 Å². The summed E-state index contributed by atoms with van der Waals surface area (Å²) in [4.78, 5) is 12.4. The van der Waals surface area contributed by atoms with Gasteiger partial charge in [0.2, 0.25) is 10.0 Å². The van der Waals surface area contributed by atoms with Crippen molar-refractivity contribution in [3.8, 4) is 0 Å². The van der Waals surface area contributed by atoms with Gasteiger partial charge in [-0.05, 0) is 50.5 Å². The third-order valence-electron chi connectivity index (χ3n) is 4.11. The molecule has 6 nitrogen and oxygen atoms in total. The van der Waals surface area contributed by atoms with Gasteiger partial charge in [-0.15, -0.1) is 0 Å². The number of ether oxygens (including phenoxy) is 1. The normalized spacial score (nSPS) is 17.4. The maximum absolute atomic E-state index is 12.6. The summed E-state index contributed by atoms with van der Waals surface area (Å²) in [6.45, 7) is 5.35. The molecule has 0 saturated carbocycles. The molecule has 0 aliphatic carbocycles. The number of rotatable bonds is 7. The lowest BCUT2D eigenvalue weighted by molar-refractivity contribution is -0.127. The topological polar surface area (TPSA) is 75.7 Å². The molecule has 1 amide bonds. The molecular formula is C17H26N2O4S. The number of benzene rings is 1. The predicted octanol–water partition coefficient (Wildman–Crippen LogP) is 2.61. The van der Waals surface area contributed by atoms with Gasteiger partial charge >= 0.3 is 0 Å². The Labute approximate surface area is 144 Å². The van der Waals surface area contributed by atoms with Gasteiger partial charge in [0, 0.05) is 25.4 Å². The van der Waals surface area contributed by atoms with E-state index in [0.29, 0.717) is 31.8 Å². The van der Waals surface area contributed by atoms with Gasteiger partial charge in [0.25, 0.3) is 5.91 Å². The van der Waals surface area contributed by atoms with Gasteiger partial charge in [-0.2, -0.15) is 4.31 Å². The predicted molar refractivity (Wildman–Crippen MR) is 93.4 cm³/mol. The summed E-state index contributed by atoms with van der Waals surface area (Å²) in [5.41, 5.74) is 0.566. The first-order chi connectivity index (χ1) is 11.5. The Hall–Kier alpha value is -1.44. The van der Waals surface area contributed by atoms with Crippen molar-refractivity contribution >= 4 is 21.6 Å². The molecule has 0 aromatic heterocycles. The van der Waals surface area contributed by atoms with E-state index >= 15 is 0 Å². The smallest absolute Gasteiger partial charge is 0.253 e. The van der Waals surface area contributed by atoms with Crippen LogP contribution in [0.2, 0.25) is 0 Å². The second-order valence-corrected chi connectivity index (χ2v) is 7.77. The number of hydrogen-bond acceptors (Lipinski definition) is 4. The highest BCUT2D eigenvalue weighted by Gasteiger charge is 2.25. The van der Waals surface area contributed by atoms with Gasteiger partial charge in [-0.3, -0.25) is 4.79 Å². The molecule has 1 saturated heterocycles. The fourth-order valence-electron chi connectivity index (χ4n) is 2.77. The number of sulfonamides is 1. The molecule has 2 rings (SSSR count). The number of carbonyl (C=O) groups excluding carboxylic acids is 1. The summed E-state index contributed by atoms with van der Waals surface area (Å²) in [5.74, 6) is -0.217. The van der Waals surface area contributed by atoms with Crippen molar-refractivity contribution in [2.45, 2.75) is 50.5 Å². The Kier molecular flexibility index (Phi) is 6.77. The van der Waals surface area contributed by atoms with E-state index in [1.807, 2.05) is 13.8 Å². The van der Waals surface area contributed by atoms with Crippen molar-refractivity contribution in [3.05, 3.63) is 24.3 Å². The molecule has 1 N–H and O–H groups in total. The minimum atomic E-state index is -3.44. The van der Waals surface area contributed by atoms with Gasteiger partial charge in [-0.1, -0.05) is 13.3 Å². The number of amides is 1. The van der Waals surface area contributed by atoms with Crippen LogP contribution in [-0.2, 0) is 19.6 Å². The molecule has 1 heterocycles. The number of nitrogens with one attached hydrogen (secondary N) is 1. The van der Waals surface area contributed by atoms with Crippen LogP contribution in [0.25, 0.3) is 0 Å². The van der Waals surface area contributed by atoms with E-state index < -0.39 is 16.1 Å². The summed E-state index contributed by atoms with van der Waals surface area (Å²) in [6.07, 6.45) is 2.98. The Morgan fingerprint density at radius 3 is 2.33 bits per heavy atom. The van der Waals surface area contributed by atoms with E-state index in [-0.39, 0.29) is 10.8 Å². The minimum absolute atomic E-state index is 0.217. The van der Waals surface area contributed by atoms with E-state index in [2.05, 4.69) is 5.32 Å². The largest absolute Gasteiger partial charge is 0.369 e. The molecule has 0 bridgehead atoms. The first kappa shape index (κ1) is 18.9. The van der Waals surface area contributed by atoms with Crippen molar-refractivity contribution in [1.82, 2.24) is 4.31 Å². The van der Waals surface area contributed by atoms with Gasteiger partial charge < -0.3 is 10.1 Å². The first-order valence-electron chi connectivity index (χ1n) is 8.51. The van der Waals surface area contributed by atoms with Crippen LogP contribution in [0.5, 0.6) is 0 Å². The van der Waals surface area contributed by atoms with Crippen molar-refractivity contribution in [1.29, 1.82) is 0 Å². The Bertz CT molecular complexity index is 637. The Morgan fingerprint density at radius 2 is 1.79 bits per heavy atom. The van der Waals surface area contributed by atoms with Crippen LogP contribution in [0.4, 0.5) is 5.69 Å². The molecule has 1 aromatic rings. The monoisotopic (exact) mass is 354 g/mol. The lowest BCUT2D eigenvalue weighted by Crippen LogP contribution is -2.35. The third kappa shape index (κ3) is 4.55. The fourth-order valence-corrected chi connectivity index (χ4v) is 4.28. The molecule has 0 spiro atoms. The molecule has 1 aliphatic heterocycles. The van der Waals surface area contributed by atoms with Gasteiger partial charge in [0.1, 0.15) is 6.10 Å². The zero-order chi connectivity index (χ0) is 17.6. The number of nitrogens with zero attached hydrogens (tertiary/aromatic N) is 1. The summed E-state index contributed by atoms with van der Waals surface area (Å²) < 4.78 is 32.1. The summed E-state index contributed by atoms with van der Waals surface area (Å²) in [5, 5.41) is 2.76. The molecule has 1 aliphatic rings. The molecule has 1 atom stereocenters. The fraction of sp³-hybridized carbons (Fsp3) is 0.588. The standard InChI is InChI=1S/C17H26N2O4S/c1-3-16(23-4-2)17(20)18-14-8-10-15(11-9-14)24(21,22)19-12-6-5-7-13-19/h8-11,16H,3-7,12-13H2,1-2H3,(H,18,20). The maximum Gasteiger partial charge on any atom is 0.253 e. The van der Waals surface area contributed by atoms with Crippen molar-refractivity contribution < 1.29 is 17.9 Å². The minimum Gasteiger partial charge on any atom is -0.369 e. The average molecular weight is 354 g/mol. The van der Waals surface area contributed by atoms with E-state index in [9.17, 15) is 13.2 Å². The molecule has 1 unspecified atom stereocenters. The molecule has 0 radical (unpaired) electrons. The summed E-state index contributed by atoms with van der Waals surface area (Å²) >= 11 is 0. The highest BCUT2D eigenvalue weighted by Crippen LogP contribution is 2.22. The van der Waals surface area contributed by atoms with Crippen LogP contribution in [0, 0.1) is 0 Å². The molecule has 1 aromatic carbocycles. The molecular weight excluding hydrogens is 328 g/mol.